The summed E-state index contributed by atoms with van der Waals surface area (Å²) in [6, 6.07) is 17.1. The molecule has 0 radical (unpaired) electrons. The maximum absolute atomic E-state index is 10.7. The molecular formula is C17H15ClN2O. The molecule has 0 bridgehead atoms. The van der Waals surface area contributed by atoms with E-state index in [4.69, 9.17) is 11.6 Å². The van der Waals surface area contributed by atoms with E-state index in [0.717, 1.165) is 16.8 Å². The smallest absolute Gasteiger partial charge is 0.121 e. The lowest BCUT2D eigenvalue weighted by atomic mass is 10.0. The van der Waals surface area contributed by atoms with Crippen molar-refractivity contribution in [1.29, 1.82) is 0 Å². The molecule has 0 saturated heterocycles. The van der Waals surface area contributed by atoms with Crippen molar-refractivity contribution in [2.75, 3.05) is 0 Å². The molecule has 0 saturated carbocycles. The zero-order chi connectivity index (χ0) is 14.8. The van der Waals surface area contributed by atoms with Gasteiger partial charge in [-0.3, -0.25) is 0 Å². The number of hydrogen-bond acceptors (Lipinski definition) is 2. The summed E-state index contributed by atoms with van der Waals surface area (Å²) in [6.45, 7) is 1.91. The summed E-state index contributed by atoms with van der Waals surface area (Å²) in [5.41, 5.74) is 3.30. The van der Waals surface area contributed by atoms with E-state index in [0.29, 0.717) is 10.7 Å². The Morgan fingerprint density at radius 2 is 1.81 bits per heavy atom. The molecule has 21 heavy (non-hydrogen) atoms. The van der Waals surface area contributed by atoms with Crippen LogP contribution in [0, 0.1) is 6.92 Å². The summed E-state index contributed by atoms with van der Waals surface area (Å²) >= 11 is 6.14. The van der Waals surface area contributed by atoms with E-state index in [1.165, 1.54) is 0 Å². The minimum Gasteiger partial charge on any atom is -0.382 e. The lowest BCUT2D eigenvalue weighted by Gasteiger charge is -2.16. The number of benzene rings is 2. The van der Waals surface area contributed by atoms with E-state index in [2.05, 4.69) is 5.10 Å². The number of halogens is 1. The third-order valence-electron chi connectivity index (χ3n) is 3.56. The van der Waals surface area contributed by atoms with Crippen LogP contribution in [-0.2, 0) is 0 Å². The van der Waals surface area contributed by atoms with Crippen LogP contribution in [-0.4, -0.2) is 14.9 Å². The molecule has 1 heterocycles. The molecule has 0 spiro atoms. The summed E-state index contributed by atoms with van der Waals surface area (Å²) in [6.07, 6.45) is 0.914. The summed E-state index contributed by atoms with van der Waals surface area (Å²) in [5, 5.41) is 15.7. The summed E-state index contributed by atoms with van der Waals surface area (Å²) in [4.78, 5) is 0. The fourth-order valence-corrected chi connectivity index (χ4v) is 2.57. The summed E-state index contributed by atoms with van der Waals surface area (Å²) < 4.78 is 1.74. The number of nitrogens with zero attached hydrogens (tertiary/aromatic N) is 2. The molecule has 106 valence electrons. The molecule has 4 heteroatoms. The van der Waals surface area contributed by atoms with Gasteiger partial charge < -0.3 is 5.11 Å². The molecule has 1 atom stereocenters. The van der Waals surface area contributed by atoms with Crippen molar-refractivity contribution in [2.45, 2.75) is 13.0 Å². The highest BCUT2D eigenvalue weighted by molar-refractivity contribution is 6.31. The van der Waals surface area contributed by atoms with Gasteiger partial charge in [0.2, 0.25) is 0 Å². The van der Waals surface area contributed by atoms with Gasteiger partial charge >= 0.3 is 0 Å². The number of para-hydroxylation sites is 1. The van der Waals surface area contributed by atoms with Crippen molar-refractivity contribution in [1.82, 2.24) is 9.78 Å². The minimum absolute atomic E-state index is 0.650. The first-order valence-corrected chi connectivity index (χ1v) is 7.08. The summed E-state index contributed by atoms with van der Waals surface area (Å²) in [7, 11) is 0. The molecule has 2 aromatic carbocycles. The van der Waals surface area contributed by atoms with Crippen molar-refractivity contribution in [3.8, 4) is 5.69 Å². The standard InChI is InChI=1S/C17H15ClN2O/c1-12-14(8-5-9-15(12)18)17(21)16-10-11-19-20(16)13-6-3-2-4-7-13/h2-11,17,21H,1H3. The zero-order valence-electron chi connectivity index (χ0n) is 11.6. The SMILES string of the molecule is Cc1c(Cl)cccc1C(O)c1ccnn1-c1ccccc1. The van der Waals surface area contributed by atoms with E-state index >= 15 is 0 Å². The second kappa shape index (κ2) is 5.72. The van der Waals surface area contributed by atoms with E-state index in [1.807, 2.05) is 61.5 Å². The molecule has 3 aromatic rings. The van der Waals surface area contributed by atoms with Crippen LogP contribution >= 0.6 is 11.6 Å². The second-order valence-electron chi connectivity index (χ2n) is 4.86. The highest BCUT2D eigenvalue weighted by atomic mass is 35.5. The molecule has 0 aliphatic rings. The van der Waals surface area contributed by atoms with E-state index in [1.54, 1.807) is 10.9 Å². The molecule has 3 rings (SSSR count). The Morgan fingerprint density at radius 1 is 1.05 bits per heavy atom. The van der Waals surface area contributed by atoms with Crippen molar-refractivity contribution in [2.24, 2.45) is 0 Å². The molecule has 1 unspecified atom stereocenters. The number of aliphatic hydroxyl groups is 1. The third kappa shape index (κ3) is 2.58. The van der Waals surface area contributed by atoms with Crippen molar-refractivity contribution in [3.63, 3.8) is 0 Å². The van der Waals surface area contributed by atoms with Crippen LogP contribution in [0.2, 0.25) is 5.02 Å². The van der Waals surface area contributed by atoms with Gasteiger partial charge in [0, 0.05) is 11.2 Å². The largest absolute Gasteiger partial charge is 0.382 e. The van der Waals surface area contributed by atoms with E-state index in [-0.39, 0.29) is 0 Å². The van der Waals surface area contributed by atoms with Gasteiger partial charge in [-0.2, -0.15) is 5.10 Å². The molecule has 0 aliphatic carbocycles. The van der Waals surface area contributed by atoms with Crippen LogP contribution in [0.1, 0.15) is 22.9 Å². The second-order valence-corrected chi connectivity index (χ2v) is 5.27. The average molecular weight is 299 g/mol. The van der Waals surface area contributed by atoms with Gasteiger partial charge in [-0.05, 0) is 42.3 Å². The van der Waals surface area contributed by atoms with Crippen LogP contribution in [0.4, 0.5) is 0 Å². The van der Waals surface area contributed by atoms with Gasteiger partial charge in [0.1, 0.15) is 6.10 Å². The number of aromatic nitrogens is 2. The van der Waals surface area contributed by atoms with Crippen LogP contribution < -0.4 is 0 Å². The molecular weight excluding hydrogens is 284 g/mol. The van der Waals surface area contributed by atoms with Gasteiger partial charge in [0.05, 0.1) is 11.4 Å². The van der Waals surface area contributed by atoms with E-state index < -0.39 is 6.10 Å². The normalized spacial score (nSPS) is 12.3. The molecule has 0 aliphatic heterocycles. The summed E-state index contributed by atoms with van der Waals surface area (Å²) in [5.74, 6) is 0. The minimum atomic E-state index is -0.772. The first-order chi connectivity index (χ1) is 10.2. The molecule has 0 fully saturated rings. The first-order valence-electron chi connectivity index (χ1n) is 6.71. The quantitative estimate of drug-likeness (QED) is 0.796. The number of hydrogen-bond donors (Lipinski definition) is 1. The Labute approximate surface area is 128 Å². The first kappa shape index (κ1) is 13.9. The Kier molecular flexibility index (Phi) is 3.78. The lowest BCUT2D eigenvalue weighted by molar-refractivity contribution is 0.211. The van der Waals surface area contributed by atoms with E-state index in [9.17, 15) is 5.11 Å². The lowest BCUT2D eigenvalue weighted by Crippen LogP contribution is -2.09. The van der Waals surface area contributed by atoms with Crippen LogP contribution in [0.3, 0.4) is 0 Å². The Bertz CT molecular complexity index is 752. The third-order valence-corrected chi connectivity index (χ3v) is 3.97. The van der Waals surface area contributed by atoms with Gasteiger partial charge in [-0.25, -0.2) is 4.68 Å². The predicted octanol–water partition coefficient (Wildman–Crippen LogP) is 3.92. The van der Waals surface area contributed by atoms with Crippen molar-refractivity contribution < 1.29 is 5.11 Å². The molecule has 0 amide bonds. The van der Waals surface area contributed by atoms with Crippen LogP contribution in [0.5, 0.6) is 0 Å². The fraction of sp³-hybridized carbons (Fsp3) is 0.118. The number of aliphatic hydroxyl groups excluding tert-OH is 1. The van der Waals surface area contributed by atoms with Crippen molar-refractivity contribution in [3.05, 3.63) is 82.6 Å². The van der Waals surface area contributed by atoms with Crippen LogP contribution in [0.25, 0.3) is 5.69 Å². The van der Waals surface area contributed by atoms with Crippen molar-refractivity contribution >= 4 is 11.6 Å². The Hall–Kier alpha value is -2.10. The predicted molar refractivity (Wildman–Crippen MR) is 83.8 cm³/mol. The molecule has 1 N–H and O–H groups in total. The maximum Gasteiger partial charge on any atom is 0.121 e. The fourth-order valence-electron chi connectivity index (χ4n) is 2.39. The molecule has 3 nitrogen and oxygen atoms in total. The monoisotopic (exact) mass is 298 g/mol. The molecule has 1 aromatic heterocycles. The highest BCUT2D eigenvalue weighted by Gasteiger charge is 2.18. The van der Waals surface area contributed by atoms with Gasteiger partial charge in [0.15, 0.2) is 0 Å². The Balaban J connectivity index is 2.06. The van der Waals surface area contributed by atoms with Gasteiger partial charge in [-0.15, -0.1) is 0 Å². The van der Waals surface area contributed by atoms with Gasteiger partial charge in [-0.1, -0.05) is 41.9 Å². The topological polar surface area (TPSA) is 38.1 Å². The number of rotatable bonds is 3. The average Bonchev–Trinajstić information content (AvgIpc) is 3.00. The van der Waals surface area contributed by atoms with Gasteiger partial charge in [0.25, 0.3) is 0 Å². The zero-order valence-corrected chi connectivity index (χ0v) is 12.3. The van der Waals surface area contributed by atoms with Crippen LogP contribution in [0.15, 0.2) is 60.8 Å². The highest BCUT2D eigenvalue weighted by Crippen LogP contribution is 2.29. The maximum atomic E-state index is 10.7. The Morgan fingerprint density at radius 3 is 2.57 bits per heavy atom.